The van der Waals surface area contributed by atoms with Gasteiger partial charge in [0.05, 0.1) is 12.6 Å². The summed E-state index contributed by atoms with van der Waals surface area (Å²) in [5.74, 6) is 0. The van der Waals surface area contributed by atoms with Crippen LogP contribution in [-0.2, 0) is 12.8 Å². The molecule has 0 aromatic heterocycles. The summed E-state index contributed by atoms with van der Waals surface area (Å²) in [6.45, 7) is 0.786. The van der Waals surface area contributed by atoms with Crippen LogP contribution in [0.4, 0.5) is 0 Å². The van der Waals surface area contributed by atoms with E-state index < -0.39 is 0 Å². The molecule has 2 aromatic carbocycles. The third kappa shape index (κ3) is 2.42. The highest BCUT2D eigenvalue weighted by atomic mass is 16.3. The summed E-state index contributed by atoms with van der Waals surface area (Å²) < 4.78 is 0. The first-order chi connectivity index (χ1) is 9.40. The van der Waals surface area contributed by atoms with Gasteiger partial charge in [0.2, 0.25) is 0 Å². The van der Waals surface area contributed by atoms with Gasteiger partial charge in [0.15, 0.2) is 0 Å². The van der Waals surface area contributed by atoms with Gasteiger partial charge < -0.3 is 10.4 Å². The highest BCUT2D eigenvalue weighted by Gasteiger charge is 2.22. The van der Waals surface area contributed by atoms with E-state index in [4.69, 9.17) is 5.11 Å². The first kappa shape index (κ1) is 12.4. The summed E-state index contributed by atoms with van der Waals surface area (Å²) >= 11 is 0. The predicted octanol–water partition coefficient (Wildman–Crippen LogP) is 2.46. The first-order valence-electron chi connectivity index (χ1n) is 6.90. The Morgan fingerprint density at radius 2 is 1.42 bits per heavy atom. The number of aliphatic hydroxyl groups excluding tert-OH is 1. The second-order valence-corrected chi connectivity index (χ2v) is 5.01. The van der Waals surface area contributed by atoms with E-state index in [0.717, 1.165) is 12.8 Å². The number of fused-ring (bicyclic) bond motifs is 2. The number of benzene rings is 2. The molecule has 0 saturated heterocycles. The van der Waals surface area contributed by atoms with Crippen LogP contribution in [0.1, 0.15) is 28.3 Å². The molecule has 2 N–H and O–H groups in total. The Kier molecular flexibility index (Phi) is 3.62. The highest BCUT2D eigenvalue weighted by molar-refractivity contribution is 5.44. The van der Waals surface area contributed by atoms with Gasteiger partial charge in [-0.1, -0.05) is 48.5 Å². The van der Waals surface area contributed by atoms with Crippen molar-refractivity contribution in [3.63, 3.8) is 0 Å². The lowest BCUT2D eigenvalue weighted by Crippen LogP contribution is -2.26. The molecule has 98 valence electrons. The molecule has 0 radical (unpaired) electrons. The van der Waals surface area contributed by atoms with Crippen LogP contribution in [0.15, 0.2) is 48.5 Å². The van der Waals surface area contributed by atoms with Gasteiger partial charge in [0.1, 0.15) is 0 Å². The number of hydrogen-bond acceptors (Lipinski definition) is 2. The second-order valence-electron chi connectivity index (χ2n) is 5.01. The minimum absolute atomic E-state index is 0.167. The zero-order valence-electron chi connectivity index (χ0n) is 11.0. The molecule has 2 aromatic rings. The van der Waals surface area contributed by atoms with Gasteiger partial charge >= 0.3 is 0 Å². The number of hydrogen-bond donors (Lipinski definition) is 2. The Morgan fingerprint density at radius 3 is 1.95 bits per heavy atom. The van der Waals surface area contributed by atoms with Gasteiger partial charge in [0.25, 0.3) is 0 Å². The molecule has 2 heteroatoms. The molecule has 0 heterocycles. The van der Waals surface area contributed by atoms with Crippen LogP contribution in [0, 0.1) is 0 Å². The summed E-state index contributed by atoms with van der Waals surface area (Å²) in [6.07, 6.45) is 2.18. The molecule has 0 atom stereocenters. The normalized spacial score (nSPS) is 14.6. The lowest BCUT2D eigenvalue weighted by atomic mass is 9.95. The standard InChI is InChI=1S/C17H19NO/c19-12-11-18-17-15-7-3-1-5-13(15)9-10-14-6-2-4-8-16(14)17/h1-8,17-19H,9-12H2. The average molecular weight is 253 g/mol. The summed E-state index contributed by atoms with van der Waals surface area (Å²) in [5, 5.41) is 12.6. The van der Waals surface area contributed by atoms with Gasteiger partial charge in [-0.15, -0.1) is 0 Å². The summed E-state index contributed by atoms with van der Waals surface area (Å²) in [4.78, 5) is 0. The highest BCUT2D eigenvalue weighted by Crippen LogP contribution is 2.32. The number of nitrogens with one attached hydrogen (secondary N) is 1. The maximum atomic E-state index is 9.10. The molecule has 1 aliphatic rings. The average Bonchev–Trinajstić information content (AvgIpc) is 2.62. The fourth-order valence-electron chi connectivity index (χ4n) is 2.95. The quantitative estimate of drug-likeness (QED) is 0.880. The Hall–Kier alpha value is -1.64. The van der Waals surface area contributed by atoms with E-state index in [2.05, 4.69) is 53.8 Å². The van der Waals surface area contributed by atoms with Crippen LogP contribution in [0.5, 0.6) is 0 Å². The van der Waals surface area contributed by atoms with Crippen molar-refractivity contribution in [3.05, 3.63) is 70.8 Å². The molecule has 0 amide bonds. The van der Waals surface area contributed by atoms with Crippen molar-refractivity contribution in [3.8, 4) is 0 Å². The van der Waals surface area contributed by atoms with Crippen LogP contribution in [0.25, 0.3) is 0 Å². The molecular weight excluding hydrogens is 234 g/mol. The van der Waals surface area contributed by atoms with Gasteiger partial charge in [0, 0.05) is 6.54 Å². The van der Waals surface area contributed by atoms with Crippen LogP contribution in [0.3, 0.4) is 0 Å². The number of aryl methyl sites for hydroxylation is 2. The van der Waals surface area contributed by atoms with Crippen molar-refractivity contribution < 1.29 is 5.11 Å². The van der Waals surface area contributed by atoms with Crippen LogP contribution in [0.2, 0.25) is 0 Å². The topological polar surface area (TPSA) is 32.3 Å². The van der Waals surface area contributed by atoms with Crippen LogP contribution in [-0.4, -0.2) is 18.3 Å². The third-order valence-electron chi connectivity index (χ3n) is 3.86. The van der Waals surface area contributed by atoms with Gasteiger partial charge in [-0.25, -0.2) is 0 Å². The maximum absolute atomic E-state index is 9.10. The maximum Gasteiger partial charge on any atom is 0.0582 e. The van der Waals surface area contributed by atoms with Crippen molar-refractivity contribution in [2.75, 3.05) is 13.2 Å². The Balaban J connectivity index is 2.08. The van der Waals surface area contributed by atoms with Crippen molar-refractivity contribution in [2.24, 2.45) is 0 Å². The lowest BCUT2D eigenvalue weighted by Gasteiger charge is -2.21. The van der Waals surface area contributed by atoms with E-state index in [0.29, 0.717) is 6.54 Å². The lowest BCUT2D eigenvalue weighted by molar-refractivity contribution is 0.288. The molecule has 2 nitrogen and oxygen atoms in total. The summed E-state index contributed by atoms with van der Waals surface area (Å²) in [6, 6.07) is 17.4. The molecule has 19 heavy (non-hydrogen) atoms. The van der Waals surface area contributed by atoms with Crippen LogP contribution >= 0.6 is 0 Å². The van der Waals surface area contributed by atoms with Crippen molar-refractivity contribution in [1.82, 2.24) is 5.32 Å². The molecule has 0 fully saturated rings. The van der Waals surface area contributed by atoms with Crippen molar-refractivity contribution >= 4 is 0 Å². The molecule has 0 spiro atoms. The van der Waals surface area contributed by atoms with Crippen LogP contribution < -0.4 is 5.32 Å². The monoisotopic (exact) mass is 253 g/mol. The second kappa shape index (κ2) is 5.55. The van der Waals surface area contributed by atoms with E-state index >= 15 is 0 Å². The van der Waals surface area contributed by atoms with Crippen molar-refractivity contribution in [2.45, 2.75) is 18.9 Å². The summed E-state index contributed by atoms with van der Waals surface area (Å²) in [5.41, 5.74) is 5.52. The molecule has 3 rings (SSSR count). The van der Waals surface area contributed by atoms with Gasteiger partial charge in [-0.05, 0) is 35.1 Å². The van der Waals surface area contributed by atoms with Crippen molar-refractivity contribution in [1.29, 1.82) is 0 Å². The zero-order valence-corrected chi connectivity index (χ0v) is 11.0. The summed E-state index contributed by atoms with van der Waals surface area (Å²) in [7, 11) is 0. The fraction of sp³-hybridized carbons (Fsp3) is 0.294. The first-order valence-corrected chi connectivity index (χ1v) is 6.90. The van der Waals surface area contributed by atoms with Gasteiger partial charge in [-0.2, -0.15) is 0 Å². The molecule has 0 saturated carbocycles. The third-order valence-corrected chi connectivity index (χ3v) is 3.86. The van der Waals surface area contributed by atoms with E-state index in [9.17, 15) is 0 Å². The molecule has 0 unspecified atom stereocenters. The van der Waals surface area contributed by atoms with E-state index in [1.807, 2.05) is 0 Å². The largest absolute Gasteiger partial charge is 0.395 e. The number of rotatable bonds is 3. The minimum Gasteiger partial charge on any atom is -0.395 e. The Labute approximate surface area is 114 Å². The molecule has 0 aliphatic heterocycles. The van der Waals surface area contributed by atoms with Gasteiger partial charge in [-0.3, -0.25) is 0 Å². The smallest absolute Gasteiger partial charge is 0.0582 e. The minimum atomic E-state index is 0.167. The fourth-order valence-corrected chi connectivity index (χ4v) is 2.95. The van der Waals surface area contributed by atoms with E-state index in [-0.39, 0.29) is 12.6 Å². The number of aliphatic hydroxyl groups is 1. The Morgan fingerprint density at radius 1 is 0.895 bits per heavy atom. The zero-order chi connectivity index (χ0) is 13.1. The van der Waals surface area contributed by atoms with E-state index in [1.165, 1.54) is 22.3 Å². The Bertz CT molecular complexity index is 517. The molecule has 1 aliphatic carbocycles. The molecule has 0 bridgehead atoms. The molecular formula is C17H19NO. The van der Waals surface area contributed by atoms with E-state index in [1.54, 1.807) is 0 Å². The SMILES string of the molecule is OCCNC1c2ccccc2CCc2ccccc21. The predicted molar refractivity (Wildman–Crippen MR) is 77.2 cm³/mol.